The number of nitrogens with zero attached hydrogens (tertiary/aromatic N) is 2. The third-order valence-electron chi connectivity index (χ3n) is 3.16. The molecule has 0 aliphatic rings. The van der Waals surface area contributed by atoms with Gasteiger partial charge in [0.2, 0.25) is 5.89 Å². The second-order valence-electron chi connectivity index (χ2n) is 4.32. The van der Waals surface area contributed by atoms with Gasteiger partial charge in [0, 0.05) is 6.54 Å². The Hall–Kier alpha value is -1.15. The third-order valence-corrected chi connectivity index (χ3v) is 3.16. The van der Waals surface area contributed by atoms with E-state index in [2.05, 4.69) is 14.9 Å². The van der Waals surface area contributed by atoms with Crippen molar-refractivity contribution in [3.63, 3.8) is 0 Å². The van der Waals surface area contributed by atoms with Crippen molar-refractivity contribution in [3.05, 3.63) is 11.7 Å². The third kappa shape index (κ3) is 4.17. The van der Waals surface area contributed by atoms with E-state index in [1.165, 1.54) is 0 Å². The van der Waals surface area contributed by atoms with Crippen molar-refractivity contribution in [2.45, 2.75) is 44.9 Å². The van der Waals surface area contributed by atoms with Crippen LogP contribution >= 0.6 is 0 Å². The number of aromatic nitrogens is 2. The molecule has 1 aromatic rings. The van der Waals surface area contributed by atoms with Crippen LogP contribution in [0.3, 0.4) is 0 Å². The van der Waals surface area contributed by atoms with Crippen molar-refractivity contribution in [2.75, 3.05) is 13.2 Å². The maximum atomic E-state index is 11.9. The lowest BCUT2D eigenvalue weighted by Crippen LogP contribution is -2.34. The summed E-state index contributed by atoms with van der Waals surface area (Å²) in [5.41, 5.74) is 5.30. The average molecular weight is 281 g/mol. The minimum absolute atomic E-state index is 0.0963. The summed E-state index contributed by atoms with van der Waals surface area (Å²) < 4.78 is 45.3. The summed E-state index contributed by atoms with van der Waals surface area (Å²) in [4.78, 5) is 4.06. The van der Waals surface area contributed by atoms with E-state index in [-0.39, 0.29) is 12.4 Å². The highest BCUT2D eigenvalue weighted by Gasteiger charge is 2.33. The summed E-state index contributed by atoms with van der Waals surface area (Å²) in [6, 6.07) is 0. The lowest BCUT2D eigenvalue weighted by atomic mass is 9.82. The Balaban J connectivity index is 2.66. The van der Waals surface area contributed by atoms with Crippen molar-refractivity contribution >= 4 is 0 Å². The molecule has 0 aliphatic heterocycles. The zero-order chi connectivity index (χ0) is 14.5. The SMILES string of the molecule is CCC(CC)(CN)c1nc(COCC(F)(F)F)no1. The maximum Gasteiger partial charge on any atom is 0.411 e. The number of hydrogen-bond acceptors (Lipinski definition) is 5. The molecule has 19 heavy (non-hydrogen) atoms. The van der Waals surface area contributed by atoms with Gasteiger partial charge in [0.15, 0.2) is 5.82 Å². The van der Waals surface area contributed by atoms with Gasteiger partial charge in [0.25, 0.3) is 0 Å². The number of halogens is 3. The zero-order valence-electron chi connectivity index (χ0n) is 11.0. The molecule has 0 saturated heterocycles. The maximum absolute atomic E-state index is 11.9. The van der Waals surface area contributed by atoms with Gasteiger partial charge in [-0.1, -0.05) is 19.0 Å². The lowest BCUT2D eigenvalue weighted by Gasteiger charge is -2.24. The van der Waals surface area contributed by atoms with Crippen LogP contribution < -0.4 is 5.73 Å². The Labute approximate surface area is 109 Å². The Morgan fingerprint density at radius 2 is 1.89 bits per heavy atom. The number of hydrogen-bond donors (Lipinski definition) is 1. The predicted molar refractivity (Wildman–Crippen MR) is 61.3 cm³/mol. The number of rotatable bonds is 7. The summed E-state index contributed by atoms with van der Waals surface area (Å²) in [5.74, 6) is 0.449. The van der Waals surface area contributed by atoms with Crippen molar-refractivity contribution < 1.29 is 22.4 Å². The molecule has 0 atom stereocenters. The van der Waals surface area contributed by atoms with E-state index < -0.39 is 18.2 Å². The van der Waals surface area contributed by atoms with Gasteiger partial charge >= 0.3 is 6.18 Å². The molecule has 1 aromatic heterocycles. The first kappa shape index (κ1) is 15.9. The highest BCUT2D eigenvalue weighted by Crippen LogP contribution is 2.29. The van der Waals surface area contributed by atoms with Gasteiger partial charge in [0.05, 0.1) is 5.41 Å². The Morgan fingerprint density at radius 3 is 2.37 bits per heavy atom. The predicted octanol–water partition coefficient (Wildman–Crippen LogP) is 2.17. The molecule has 1 heterocycles. The largest absolute Gasteiger partial charge is 0.411 e. The topological polar surface area (TPSA) is 74.2 Å². The van der Waals surface area contributed by atoms with E-state index in [1.807, 2.05) is 13.8 Å². The second kappa shape index (κ2) is 6.33. The van der Waals surface area contributed by atoms with Gasteiger partial charge in [-0.25, -0.2) is 0 Å². The molecule has 0 unspecified atom stereocenters. The minimum Gasteiger partial charge on any atom is -0.364 e. The summed E-state index contributed by atoms with van der Waals surface area (Å²) in [5, 5.41) is 3.61. The molecule has 0 radical (unpaired) electrons. The lowest BCUT2D eigenvalue weighted by molar-refractivity contribution is -0.177. The highest BCUT2D eigenvalue weighted by molar-refractivity contribution is 5.05. The summed E-state index contributed by atoms with van der Waals surface area (Å²) in [7, 11) is 0. The molecule has 0 aromatic carbocycles. The molecule has 0 bridgehead atoms. The molecule has 0 saturated carbocycles. The second-order valence-corrected chi connectivity index (χ2v) is 4.32. The van der Waals surface area contributed by atoms with Crippen LogP contribution in [0.1, 0.15) is 38.4 Å². The van der Waals surface area contributed by atoms with Crippen molar-refractivity contribution in [1.82, 2.24) is 10.1 Å². The monoisotopic (exact) mass is 281 g/mol. The van der Waals surface area contributed by atoms with Gasteiger partial charge in [-0.3, -0.25) is 0 Å². The van der Waals surface area contributed by atoms with E-state index in [4.69, 9.17) is 10.3 Å². The molecular formula is C11H18F3N3O2. The van der Waals surface area contributed by atoms with Crippen molar-refractivity contribution in [3.8, 4) is 0 Å². The molecule has 0 spiro atoms. The quantitative estimate of drug-likeness (QED) is 0.829. The van der Waals surface area contributed by atoms with E-state index in [9.17, 15) is 13.2 Å². The molecular weight excluding hydrogens is 263 g/mol. The number of alkyl halides is 3. The average Bonchev–Trinajstić information content (AvgIpc) is 2.80. The molecule has 8 heteroatoms. The number of ether oxygens (including phenoxy) is 1. The first-order valence-electron chi connectivity index (χ1n) is 6.04. The van der Waals surface area contributed by atoms with Crippen LogP contribution in [0.2, 0.25) is 0 Å². The molecule has 0 amide bonds. The van der Waals surface area contributed by atoms with Gasteiger partial charge in [0.1, 0.15) is 13.2 Å². The Bertz CT molecular complexity index is 381. The van der Waals surface area contributed by atoms with Crippen LogP contribution in [0.4, 0.5) is 13.2 Å². The Kier molecular flexibility index (Phi) is 5.30. The van der Waals surface area contributed by atoms with Gasteiger partial charge in [-0.15, -0.1) is 0 Å². The van der Waals surface area contributed by atoms with Crippen molar-refractivity contribution in [2.24, 2.45) is 5.73 Å². The molecule has 0 fully saturated rings. The van der Waals surface area contributed by atoms with E-state index >= 15 is 0 Å². The smallest absolute Gasteiger partial charge is 0.364 e. The zero-order valence-corrected chi connectivity index (χ0v) is 11.0. The van der Waals surface area contributed by atoms with Crippen LogP contribution in [0.15, 0.2) is 4.52 Å². The molecule has 1 rings (SSSR count). The summed E-state index contributed by atoms with van der Waals surface area (Å²) >= 11 is 0. The van der Waals surface area contributed by atoms with Crippen molar-refractivity contribution in [1.29, 1.82) is 0 Å². The number of nitrogens with two attached hydrogens (primary N) is 1. The fraction of sp³-hybridized carbons (Fsp3) is 0.818. The van der Waals surface area contributed by atoms with Crippen LogP contribution in [-0.2, 0) is 16.8 Å². The van der Waals surface area contributed by atoms with Gasteiger partial charge in [-0.2, -0.15) is 18.2 Å². The van der Waals surface area contributed by atoms with Crippen LogP contribution in [0.25, 0.3) is 0 Å². The normalized spacial score (nSPS) is 12.9. The summed E-state index contributed by atoms with van der Waals surface area (Å²) in [6.45, 7) is 2.56. The summed E-state index contributed by atoms with van der Waals surface area (Å²) in [6.07, 6.45) is -2.93. The Morgan fingerprint density at radius 1 is 1.26 bits per heavy atom. The van der Waals surface area contributed by atoms with E-state index in [0.717, 1.165) is 0 Å². The molecule has 110 valence electrons. The standard InChI is InChI=1S/C11H18F3N3O2/c1-3-10(4-2,6-15)9-16-8(17-19-9)5-18-7-11(12,13)14/h3-7,15H2,1-2H3. The van der Waals surface area contributed by atoms with E-state index in [0.29, 0.717) is 25.3 Å². The highest BCUT2D eigenvalue weighted by atomic mass is 19.4. The van der Waals surface area contributed by atoms with Crippen LogP contribution in [-0.4, -0.2) is 29.5 Å². The van der Waals surface area contributed by atoms with Gasteiger partial charge < -0.3 is 15.0 Å². The minimum atomic E-state index is -4.36. The molecule has 2 N–H and O–H groups in total. The first-order valence-corrected chi connectivity index (χ1v) is 6.04. The van der Waals surface area contributed by atoms with Crippen LogP contribution in [0.5, 0.6) is 0 Å². The van der Waals surface area contributed by atoms with Gasteiger partial charge in [-0.05, 0) is 12.8 Å². The van der Waals surface area contributed by atoms with Crippen LogP contribution in [0, 0.1) is 0 Å². The molecule has 5 nitrogen and oxygen atoms in total. The van der Waals surface area contributed by atoms with E-state index in [1.54, 1.807) is 0 Å². The fourth-order valence-electron chi connectivity index (χ4n) is 1.71. The fourth-order valence-corrected chi connectivity index (χ4v) is 1.71. The first-order chi connectivity index (χ1) is 8.87. The molecule has 0 aliphatic carbocycles.